The molecule has 3 N–H and O–H groups in total. The Morgan fingerprint density at radius 1 is 1.22 bits per heavy atom. The minimum Gasteiger partial charge on any atom is -0.489 e. The van der Waals surface area contributed by atoms with Crippen LogP contribution >= 0.6 is 0 Å². The van der Waals surface area contributed by atoms with Crippen LogP contribution in [0.15, 0.2) is 29.4 Å². The Balaban J connectivity index is 2.26. The zero-order chi connectivity index (χ0) is 24.1. The standard InChI is InChI=1S/C20H23F3N4O4S/c1-19(2,3)32(29,30)15-8-27-13(11-5-12(21)18(24)26-17(11)22)7-25-16(27)6-14(15)31-10-20(4,23)9-28/h5-8,28H,9-10H2,1-4H3,(H2,24,26). The minimum atomic E-state index is -4.04. The molecule has 8 nitrogen and oxygen atoms in total. The fourth-order valence-corrected chi connectivity index (χ4v) is 4.05. The number of nitrogens with two attached hydrogens (primary N) is 1. The van der Waals surface area contributed by atoms with Crippen LogP contribution in [0.5, 0.6) is 5.75 Å². The van der Waals surface area contributed by atoms with Gasteiger partial charge in [0.05, 0.1) is 28.8 Å². The number of aliphatic hydroxyl groups excluding tert-OH is 1. The van der Waals surface area contributed by atoms with Crippen molar-refractivity contribution >= 4 is 21.3 Å². The molecule has 0 saturated heterocycles. The van der Waals surface area contributed by atoms with Crippen LogP contribution in [0.4, 0.5) is 19.0 Å². The fourth-order valence-electron chi connectivity index (χ4n) is 2.76. The maximum atomic E-state index is 14.4. The highest BCUT2D eigenvalue weighted by molar-refractivity contribution is 7.92. The lowest BCUT2D eigenvalue weighted by Gasteiger charge is -2.23. The van der Waals surface area contributed by atoms with Gasteiger partial charge in [0.1, 0.15) is 22.9 Å². The largest absolute Gasteiger partial charge is 0.489 e. The van der Waals surface area contributed by atoms with Gasteiger partial charge >= 0.3 is 0 Å². The number of halogens is 3. The van der Waals surface area contributed by atoms with Gasteiger partial charge in [0.15, 0.2) is 27.1 Å². The highest BCUT2D eigenvalue weighted by Crippen LogP contribution is 2.35. The van der Waals surface area contributed by atoms with Crippen LogP contribution in [-0.2, 0) is 9.84 Å². The van der Waals surface area contributed by atoms with E-state index in [4.69, 9.17) is 15.6 Å². The molecule has 0 fully saturated rings. The van der Waals surface area contributed by atoms with Gasteiger partial charge in [-0.15, -0.1) is 0 Å². The number of nitrogens with zero attached hydrogens (tertiary/aromatic N) is 3. The van der Waals surface area contributed by atoms with Crippen molar-refractivity contribution in [1.29, 1.82) is 0 Å². The molecule has 32 heavy (non-hydrogen) atoms. The first kappa shape index (κ1) is 23.8. The van der Waals surface area contributed by atoms with Gasteiger partial charge in [0.25, 0.3) is 0 Å². The second-order valence-corrected chi connectivity index (χ2v) is 11.2. The number of pyridine rings is 2. The molecule has 0 saturated carbocycles. The SMILES string of the molecule is CC(F)(CO)COc1cc2ncc(-c3cc(F)c(N)nc3F)n2cc1S(=O)(=O)C(C)(C)C. The number of hydrogen-bond acceptors (Lipinski definition) is 7. The number of ether oxygens (including phenoxy) is 1. The van der Waals surface area contributed by atoms with E-state index in [0.717, 1.165) is 19.2 Å². The Bertz CT molecular complexity index is 1280. The van der Waals surface area contributed by atoms with E-state index in [1.165, 1.54) is 37.4 Å². The van der Waals surface area contributed by atoms with E-state index in [1.54, 1.807) is 0 Å². The second kappa shape index (κ2) is 7.93. The van der Waals surface area contributed by atoms with Gasteiger partial charge in [-0.3, -0.25) is 4.40 Å². The van der Waals surface area contributed by atoms with Gasteiger partial charge in [-0.1, -0.05) is 0 Å². The molecular formula is C20H23F3N4O4S. The first-order chi connectivity index (χ1) is 14.7. The summed E-state index contributed by atoms with van der Waals surface area (Å²) in [6.07, 6.45) is 2.35. The number of nitrogen functional groups attached to an aromatic ring is 1. The third kappa shape index (κ3) is 4.24. The van der Waals surface area contributed by atoms with Crippen molar-refractivity contribution < 1.29 is 31.4 Å². The van der Waals surface area contributed by atoms with Crippen molar-refractivity contribution in [3.8, 4) is 17.0 Å². The van der Waals surface area contributed by atoms with Crippen LogP contribution in [0, 0.1) is 11.8 Å². The lowest BCUT2D eigenvalue weighted by atomic mass is 10.2. The zero-order valence-corrected chi connectivity index (χ0v) is 18.7. The summed E-state index contributed by atoms with van der Waals surface area (Å²) in [5, 5.41) is 9.13. The van der Waals surface area contributed by atoms with E-state index in [9.17, 15) is 21.6 Å². The maximum absolute atomic E-state index is 14.4. The lowest BCUT2D eigenvalue weighted by molar-refractivity contribution is 0.0397. The van der Waals surface area contributed by atoms with Crippen molar-refractivity contribution in [1.82, 2.24) is 14.4 Å². The van der Waals surface area contributed by atoms with Crippen LogP contribution in [0.1, 0.15) is 27.7 Å². The van der Waals surface area contributed by atoms with Crippen molar-refractivity contribution in [2.75, 3.05) is 18.9 Å². The van der Waals surface area contributed by atoms with E-state index in [2.05, 4.69) is 9.97 Å². The molecule has 3 aromatic heterocycles. The number of imidazole rings is 1. The molecule has 3 heterocycles. The molecule has 0 amide bonds. The first-order valence-corrected chi connectivity index (χ1v) is 11.0. The van der Waals surface area contributed by atoms with E-state index in [-0.39, 0.29) is 27.5 Å². The van der Waals surface area contributed by atoms with Crippen molar-refractivity contribution in [3.05, 3.63) is 36.3 Å². The molecular weight excluding hydrogens is 449 g/mol. The van der Waals surface area contributed by atoms with Crippen molar-refractivity contribution in [3.63, 3.8) is 0 Å². The highest BCUT2D eigenvalue weighted by atomic mass is 32.2. The molecule has 1 atom stereocenters. The van der Waals surface area contributed by atoms with Gasteiger partial charge in [-0.25, -0.2) is 22.2 Å². The van der Waals surface area contributed by atoms with Crippen molar-refractivity contribution in [2.45, 2.75) is 43.0 Å². The van der Waals surface area contributed by atoms with E-state index < -0.39 is 51.0 Å². The van der Waals surface area contributed by atoms with Crippen LogP contribution in [0.25, 0.3) is 16.9 Å². The Hall–Kier alpha value is -2.86. The third-order valence-corrected chi connectivity index (χ3v) is 7.26. The third-order valence-electron chi connectivity index (χ3n) is 4.76. The van der Waals surface area contributed by atoms with E-state index in [1.807, 2.05) is 0 Å². The predicted octanol–water partition coefficient (Wildman–Crippen LogP) is 2.93. The van der Waals surface area contributed by atoms with Crippen LogP contribution < -0.4 is 10.5 Å². The Kier molecular flexibility index (Phi) is 5.89. The molecule has 3 aromatic rings. The van der Waals surface area contributed by atoms with Gasteiger partial charge in [0.2, 0.25) is 5.95 Å². The number of sulfone groups is 1. The zero-order valence-electron chi connectivity index (χ0n) is 17.9. The maximum Gasteiger partial charge on any atom is 0.224 e. The number of aromatic nitrogens is 3. The fraction of sp³-hybridized carbons (Fsp3) is 0.400. The molecule has 1 unspecified atom stereocenters. The van der Waals surface area contributed by atoms with E-state index >= 15 is 0 Å². The van der Waals surface area contributed by atoms with Gasteiger partial charge in [-0.2, -0.15) is 9.37 Å². The number of aliphatic hydroxyl groups is 1. The van der Waals surface area contributed by atoms with Gasteiger partial charge in [-0.05, 0) is 33.8 Å². The van der Waals surface area contributed by atoms with Crippen molar-refractivity contribution in [2.24, 2.45) is 0 Å². The van der Waals surface area contributed by atoms with Crippen LogP contribution in [0.2, 0.25) is 0 Å². The molecule has 0 radical (unpaired) electrons. The first-order valence-electron chi connectivity index (χ1n) is 9.48. The number of hydrogen-bond donors (Lipinski definition) is 2. The molecule has 0 aliphatic carbocycles. The highest BCUT2D eigenvalue weighted by Gasteiger charge is 2.35. The van der Waals surface area contributed by atoms with Crippen LogP contribution in [-0.4, -0.2) is 51.5 Å². The topological polar surface area (TPSA) is 120 Å². The summed E-state index contributed by atoms with van der Waals surface area (Å²) < 4.78 is 74.4. The average Bonchev–Trinajstić information content (AvgIpc) is 3.10. The molecule has 0 spiro atoms. The minimum absolute atomic E-state index is 0.0199. The number of rotatable bonds is 6. The van der Waals surface area contributed by atoms with Crippen LogP contribution in [0.3, 0.4) is 0 Å². The lowest BCUT2D eigenvalue weighted by Crippen LogP contribution is -2.32. The quantitative estimate of drug-likeness (QED) is 0.529. The molecule has 12 heteroatoms. The number of anilines is 1. The summed E-state index contributed by atoms with van der Waals surface area (Å²) in [6, 6.07) is 2.08. The number of alkyl halides is 1. The molecule has 0 aliphatic rings. The van der Waals surface area contributed by atoms with Gasteiger partial charge in [0, 0.05) is 12.3 Å². The average molecular weight is 472 g/mol. The summed E-state index contributed by atoms with van der Waals surface area (Å²) in [7, 11) is -4.04. The molecule has 0 bridgehead atoms. The smallest absolute Gasteiger partial charge is 0.224 e. The normalized spacial score (nSPS) is 14.5. The molecule has 0 aliphatic heterocycles. The predicted molar refractivity (Wildman–Crippen MR) is 112 cm³/mol. The molecule has 174 valence electrons. The molecule has 3 rings (SSSR count). The summed E-state index contributed by atoms with van der Waals surface area (Å²) in [4.78, 5) is 7.10. The summed E-state index contributed by atoms with van der Waals surface area (Å²) >= 11 is 0. The van der Waals surface area contributed by atoms with Gasteiger partial charge < -0.3 is 15.6 Å². The Morgan fingerprint density at radius 3 is 2.47 bits per heavy atom. The summed E-state index contributed by atoms with van der Waals surface area (Å²) in [6.45, 7) is 4.05. The second-order valence-electron chi connectivity index (χ2n) is 8.54. The summed E-state index contributed by atoms with van der Waals surface area (Å²) in [5.74, 6) is -2.83. The Morgan fingerprint density at radius 2 is 1.88 bits per heavy atom. The Labute approximate surface area is 182 Å². The van der Waals surface area contributed by atoms with E-state index in [0.29, 0.717) is 0 Å². The number of fused-ring (bicyclic) bond motifs is 1. The summed E-state index contributed by atoms with van der Waals surface area (Å²) in [5.41, 5.74) is 3.04. The monoisotopic (exact) mass is 472 g/mol. The molecule has 0 aromatic carbocycles.